The predicted octanol–water partition coefficient (Wildman–Crippen LogP) is 2.18. The molecule has 4 nitrogen and oxygen atoms in total. The molecule has 1 aromatic carbocycles. The third-order valence-electron chi connectivity index (χ3n) is 3.51. The van der Waals surface area contributed by atoms with Crippen molar-refractivity contribution in [2.24, 2.45) is 5.73 Å². The number of carbonyl (C=O) groups is 1. The zero-order valence-electron chi connectivity index (χ0n) is 12.8. The van der Waals surface area contributed by atoms with Gasteiger partial charge in [-0.1, -0.05) is 29.8 Å². The van der Waals surface area contributed by atoms with Crippen LogP contribution in [0.15, 0.2) is 24.3 Å². The van der Waals surface area contributed by atoms with Gasteiger partial charge in [-0.15, -0.1) is 0 Å². The van der Waals surface area contributed by atoms with Gasteiger partial charge in [-0.3, -0.25) is 4.79 Å². The van der Waals surface area contributed by atoms with Gasteiger partial charge >= 0.3 is 5.97 Å². The number of methoxy groups -OCH3 is 1. The summed E-state index contributed by atoms with van der Waals surface area (Å²) in [6.07, 6.45) is 0.637. The fourth-order valence-electron chi connectivity index (χ4n) is 2.20. The lowest BCUT2D eigenvalue weighted by Gasteiger charge is -2.30. The molecule has 1 unspecified atom stereocenters. The molecule has 0 heterocycles. The minimum Gasteiger partial charge on any atom is -0.468 e. The first-order chi connectivity index (χ1) is 9.46. The van der Waals surface area contributed by atoms with Crippen LogP contribution in [0.25, 0.3) is 0 Å². The Morgan fingerprint density at radius 1 is 1.30 bits per heavy atom. The maximum absolute atomic E-state index is 12.3. The number of carbonyl (C=O) groups excluding carboxylic acids is 1. The SMILES string of the molecule is COC(=O)C(CN)(CCOC(C)C)c1ccc(C)cc1. The normalized spacial score (nSPS) is 14.1. The number of rotatable bonds is 7. The van der Waals surface area contributed by atoms with Gasteiger partial charge in [-0.2, -0.15) is 0 Å². The van der Waals surface area contributed by atoms with E-state index >= 15 is 0 Å². The molecule has 1 aromatic rings. The Morgan fingerprint density at radius 2 is 1.90 bits per heavy atom. The highest BCUT2D eigenvalue weighted by molar-refractivity contribution is 5.83. The molecule has 1 atom stereocenters. The maximum atomic E-state index is 12.3. The summed E-state index contributed by atoms with van der Waals surface area (Å²) in [6, 6.07) is 7.83. The molecule has 20 heavy (non-hydrogen) atoms. The summed E-state index contributed by atoms with van der Waals surface area (Å²) in [6.45, 7) is 6.61. The van der Waals surface area contributed by atoms with Crippen LogP contribution in [-0.4, -0.2) is 32.3 Å². The summed E-state index contributed by atoms with van der Waals surface area (Å²) in [5.41, 5.74) is 7.10. The lowest BCUT2D eigenvalue weighted by atomic mass is 9.77. The van der Waals surface area contributed by atoms with Gasteiger partial charge in [0.1, 0.15) is 5.41 Å². The van der Waals surface area contributed by atoms with Crippen molar-refractivity contribution < 1.29 is 14.3 Å². The molecule has 0 radical (unpaired) electrons. The number of hydrogen-bond acceptors (Lipinski definition) is 4. The fraction of sp³-hybridized carbons (Fsp3) is 0.562. The van der Waals surface area contributed by atoms with Crippen LogP contribution in [0.2, 0.25) is 0 Å². The second kappa shape index (κ2) is 7.41. The summed E-state index contributed by atoms with van der Waals surface area (Å²) < 4.78 is 10.6. The van der Waals surface area contributed by atoms with Crippen LogP contribution in [0, 0.1) is 6.92 Å². The number of aryl methyl sites for hydroxylation is 1. The molecule has 0 saturated heterocycles. The van der Waals surface area contributed by atoms with E-state index in [2.05, 4.69) is 0 Å². The Bertz CT molecular complexity index is 428. The molecule has 0 spiro atoms. The van der Waals surface area contributed by atoms with E-state index in [4.69, 9.17) is 15.2 Å². The van der Waals surface area contributed by atoms with Gasteiger partial charge in [0.25, 0.3) is 0 Å². The Morgan fingerprint density at radius 3 is 2.35 bits per heavy atom. The zero-order valence-corrected chi connectivity index (χ0v) is 12.8. The first kappa shape index (κ1) is 16.7. The molecule has 0 aliphatic heterocycles. The van der Waals surface area contributed by atoms with Crippen molar-refractivity contribution in [3.05, 3.63) is 35.4 Å². The molecule has 0 aliphatic carbocycles. The van der Waals surface area contributed by atoms with E-state index in [1.54, 1.807) is 0 Å². The van der Waals surface area contributed by atoms with E-state index in [-0.39, 0.29) is 18.6 Å². The molecule has 0 fully saturated rings. The summed E-state index contributed by atoms with van der Waals surface area (Å²) >= 11 is 0. The number of hydrogen-bond donors (Lipinski definition) is 1. The monoisotopic (exact) mass is 279 g/mol. The first-order valence-electron chi connectivity index (χ1n) is 6.93. The van der Waals surface area contributed by atoms with Crippen molar-refractivity contribution in [3.63, 3.8) is 0 Å². The highest BCUT2D eigenvalue weighted by Crippen LogP contribution is 2.29. The van der Waals surface area contributed by atoms with E-state index in [1.165, 1.54) is 7.11 Å². The largest absolute Gasteiger partial charge is 0.468 e. The van der Waals surface area contributed by atoms with Crippen LogP contribution in [0.5, 0.6) is 0 Å². The number of esters is 1. The lowest BCUT2D eigenvalue weighted by molar-refractivity contribution is -0.148. The molecule has 1 rings (SSSR count). The summed E-state index contributed by atoms with van der Waals surface area (Å²) in [5, 5.41) is 0. The van der Waals surface area contributed by atoms with Crippen LogP contribution in [0.3, 0.4) is 0 Å². The average molecular weight is 279 g/mol. The Hall–Kier alpha value is -1.39. The molecule has 112 valence electrons. The highest BCUT2D eigenvalue weighted by Gasteiger charge is 2.40. The first-order valence-corrected chi connectivity index (χ1v) is 6.93. The van der Waals surface area contributed by atoms with Crippen molar-refractivity contribution in [2.75, 3.05) is 20.3 Å². The van der Waals surface area contributed by atoms with E-state index in [1.807, 2.05) is 45.0 Å². The molecule has 0 bridgehead atoms. The van der Waals surface area contributed by atoms with Crippen molar-refractivity contribution in [2.45, 2.75) is 38.7 Å². The summed E-state index contributed by atoms with van der Waals surface area (Å²) in [7, 11) is 1.39. The Kier molecular flexibility index (Phi) is 6.17. The van der Waals surface area contributed by atoms with Gasteiger partial charge in [0, 0.05) is 13.2 Å². The van der Waals surface area contributed by atoms with Crippen molar-refractivity contribution in [1.82, 2.24) is 0 Å². The third-order valence-corrected chi connectivity index (χ3v) is 3.51. The van der Waals surface area contributed by atoms with Gasteiger partial charge in [0.05, 0.1) is 13.2 Å². The van der Waals surface area contributed by atoms with Gasteiger partial charge in [-0.25, -0.2) is 0 Å². The molecule has 0 saturated carbocycles. The van der Waals surface area contributed by atoms with Crippen LogP contribution >= 0.6 is 0 Å². The van der Waals surface area contributed by atoms with Crippen LogP contribution in [0.1, 0.15) is 31.4 Å². The Balaban J connectivity index is 3.04. The second-order valence-corrected chi connectivity index (χ2v) is 5.31. The number of nitrogens with two attached hydrogens (primary N) is 1. The minimum atomic E-state index is -0.836. The molecular weight excluding hydrogens is 254 g/mol. The van der Waals surface area contributed by atoms with Gasteiger partial charge < -0.3 is 15.2 Å². The zero-order chi connectivity index (χ0) is 15.2. The van der Waals surface area contributed by atoms with E-state index < -0.39 is 5.41 Å². The van der Waals surface area contributed by atoms with E-state index in [0.717, 1.165) is 11.1 Å². The number of ether oxygens (including phenoxy) is 2. The van der Waals surface area contributed by atoms with Crippen molar-refractivity contribution >= 4 is 5.97 Å². The maximum Gasteiger partial charge on any atom is 0.317 e. The Labute approximate surface area is 121 Å². The second-order valence-electron chi connectivity index (χ2n) is 5.31. The van der Waals surface area contributed by atoms with Crippen LogP contribution in [-0.2, 0) is 19.7 Å². The van der Waals surface area contributed by atoms with Crippen LogP contribution < -0.4 is 5.73 Å². The minimum absolute atomic E-state index is 0.126. The van der Waals surface area contributed by atoms with Crippen molar-refractivity contribution in [3.8, 4) is 0 Å². The van der Waals surface area contributed by atoms with Gasteiger partial charge in [-0.05, 0) is 32.8 Å². The fourth-order valence-corrected chi connectivity index (χ4v) is 2.20. The molecular formula is C16H25NO3. The summed E-state index contributed by atoms with van der Waals surface area (Å²) in [5.74, 6) is -0.309. The number of benzene rings is 1. The molecule has 2 N–H and O–H groups in total. The smallest absolute Gasteiger partial charge is 0.317 e. The molecule has 0 aromatic heterocycles. The lowest BCUT2D eigenvalue weighted by Crippen LogP contribution is -2.45. The van der Waals surface area contributed by atoms with E-state index in [9.17, 15) is 4.79 Å². The van der Waals surface area contributed by atoms with Crippen LogP contribution in [0.4, 0.5) is 0 Å². The predicted molar refractivity (Wildman–Crippen MR) is 79.6 cm³/mol. The molecule has 4 heteroatoms. The standard InChI is InChI=1S/C16H25NO3/c1-12(2)20-10-9-16(11-17,15(18)19-4)14-7-5-13(3)6-8-14/h5-8,12H,9-11,17H2,1-4H3. The van der Waals surface area contributed by atoms with Gasteiger partial charge in [0.2, 0.25) is 0 Å². The van der Waals surface area contributed by atoms with E-state index in [0.29, 0.717) is 13.0 Å². The quantitative estimate of drug-likeness (QED) is 0.777. The summed E-state index contributed by atoms with van der Waals surface area (Å²) in [4.78, 5) is 12.3. The highest BCUT2D eigenvalue weighted by atomic mass is 16.5. The molecule has 0 amide bonds. The van der Waals surface area contributed by atoms with Gasteiger partial charge in [0.15, 0.2) is 0 Å². The topological polar surface area (TPSA) is 61.5 Å². The third kappa shape index (κ3) is 3.81. The van der Waals surface area contributed by atoms with Crippen molar-refractivity contribution in [1.29, 1.82) is 0 Å². The average Bonchev–Trinajstić information content (AvgIpc) is 2.44. The molecule has 0 aliphatic rings.